The predicted molar refractivity (Wildman–Crippen MR) is 71.3 cm³/mol. The minimum Gasteiger partial charge on any atom is -0.288 e. The Morgan fingerprint density at radius 3 is 2.44 bits per heavy atom. The summed E-state index contributed by atoms with van der Waals surface area (Å²) in [6, 6.07) is 9.71. The van der Waals surface area contributed by atoms with Crippen LogP contribution in [0.3, 0.4) is 0 Å². The van der Waals surface area contributed by atoms with Crippen LogP contribution in [0, 0.1) is 0 Å². The van der Waals surface area contributed by atoms with E-state index in [4.69, 9.17) is 0 Å². The molecular weight excluding hydrogens is 284 g/mol. The lowest BCUT2D eigenvalue weighted by Gasteiger charge is -2.01. The molecule has 1 aromatic heterocycles. The van der Waals surface area contributed by atoms with E-state index < -0.39 is 0 Å². The second kappa shape index (κ2) is 4.93. The monoisotopic (exact) mass is 294 g/mol. The van der Waals surface area contributed by atoms with Crippen molar-refractivity contribution in [2.24, 2.45) is 0 Å². The van der Waals surface area contributed by atoms with Gasteiger partial charge in [-0.2, -0.15) is 0 Å². The largest absolute Gasteiger partial charge is 0.288 e. The third-order valence-electron chi connectivity index (χ3n) is 2.45. The topological polar surface area (TPSA) is 17.1 Å². The summed E-state index contributed by atoms with van der Waals surface area (Å²) < 4.78 is 0.877. The predicted octanol–water partition coefficient (Wildman–Crippen LogP) is 4.30. The van der Waals surface area contributed by atoms with Crippen molar-refractivity contribution >= 4 is 33.0 Å². The molecule has 2 rings (SSSR count). The van der Waals surface area contributed by atoms with Crippen molar-refractivity contribution < 1.29 is 4.79 Å². The van der Waals surface area contributed by atoms with Crippen LogP contribution in [-0.2, 0) is 6.42 Å². The van der Waals surface area contributed by atoms with Crippen molar-refractivity contribution in [3.63, 3.8) is 0 Å². The second-order valence-electron chi connectivity index (χ2n) is 3.48. The molecule has 1 nitrogen and oxygen atoms in total. The van der Waals surface area contributed by atoms with Crippen LogP contribution in [-0.4, -0.2) is 5.78 Å². The average molecular weight is 295 g/mol. The van der Waals surface area contributed by atoms with Crippen molar-refractivity contribution in [1.82, 2.24) is 0 Å². The van der Waals surface area contributed by atoms with Crippen LogP contribution in [0.2, 0.25) is 0 Å². The van der Waals surface area contributed by atoms with E-state index in [9.17, 15) is 4.79 Å². The van der Waals surface area contributed by atoms with Gasteiger partial charge in [-0.25, -0.2) is 0 Å². The van der Waals surface area contributed by atoms with Gasteiger partial charge in [0.05, 0.1) is 4.88 Å². The summed E-state index contributed by atoms with van der Waals surface area (Å²) in [7, 11) is 0. The van der Waals surface area contributed by atoms with Gasteiger partial charge in [0.15, 0.2) is 0 Å². The summed E-state index contributed by atoms with van der Waals surface area (Å²) in [6.45, 7) is 2.10. The number of thiophene rings is 1. The van der Waals surface area contributed by atoms with Gasteiger partial charge in [0.25, 0.3) is 0 Å². The van der Waals surface area contributed by atoms with Crippen LogP contribution >= 0.6 is 27.3 Å². The Bertz CT molecular complexity index is 499. The molecule has 0 radical (unpaired) electrons. The quantitative estimate of drug-likeness (QED) is 0.771. The van der Waals surface area contributed by atoms with Crippen LogP contribution in [0.1, 0.15) is 27.7 Å². The van der Waals surface area contributed by atoms with Gasteiger partial charge in [-0.05, 0) is 39.4 Å². The first-order valence-electron chi connectivity index (χ1n) is 5.09. The summed E-state index contributed by atoms with van der Waals surface area (Å²) in [5.41, 5.74) is 2.00. The number of carbonyl (C=O) groups excluding carboxylic acids is 1. The fraction of sp³-hybridized carbons (Fsp3) is 0.154. The molecule has 0 N–H and O–H groups in total. The fourth-order valence-corrected chi connectivity index (χ4v) is 2.99. The zero-order chi connectivity index (χ0) is 11.5. The molecule has 0 bridgehead atoms. The molecule has 1 aromatic carbocycles. The number of halogens is 1. The van der Waals surface area contributed by atoms with Crippen molar-refractivity contribution in [2.75, 3.05) is 0 Å². The van der Waals surface area contributed by atoms with E-state index in [1.165, 1.54) is 16.9 Å². The Labute approximate surface area is 107 Å². The van der Waals surface area contributed by atoms with Gasteiger partial charge < -0.3 is 0 Å². The van der Waals surface area contributed by atoms with E-state index in [1.54, 1.807) is 0 Å². The molecule has 0 saturated carbocycles. The molecule has 3 heteroatoms. The Kier molecular flexibility index (Phi) is 3.56. The maximum absolute atomic E-state index is 12.1. The minimum atomic E-state index is 0.0875. The van der Waals surface area contributed by atoms with E-state index in [0.717, 1.165) is 21.3 Å². The SMILES string of the molecule is CCc1ccc(C(=O)c2sccc2Br)cc1. The first-order valence-corrected chi connectivity index (χ1v) is 6.76. The number of aryl methyl sites for hydroxylation is 1. The zero-order valence-corrected chi connectivity index (χ0v) is 11.3. The lowest BCUT2D eigenvalue weighted by Crippen LogP contribution is -1.99. The number of rotatable bonds is 3. The van der Waals surface area contributed by atoms with Gasteiger partial charge in [-0.15, -0.1) is 11.3 Å². The van der Waals surface area contributed by atoms with Crippen molar-refractivity contribution in [1.29, 1.82) is 0 Å². The van der Waals surface area contributed by atoms with Crippen LogP contribution in [0.5, 0.6) is 0 Å². The number of hydrogen-bond acceptors (Lipinski definition) is 2. The van der Waals surface area contributed by atoms with Gasteiger partial charge in [0.1, 0.15) is 0 Å². The number of hydrogen-bond donors (Lipinski definition) is 0. The third kappa shape index (κ3) is 2.25. The lowest BCUT2D eigenvalue weighted by molar-refractivity contribution is 0.104. The van der Waals surface area contributed by atoms with Gasteiger partial charge >= 0.3 is 0 Å². The standard InChI is InChI=1S/C13H11BrOS/c1-2-9-3-5-10(6-4-9)12(15)13-11(14)7-8-16-13/h3-8H,2H2,1H3. The summed E-state index contributed by atoms with van der Waals surface area (Å²) in [5.74, 6) is 0.0875. The van der Waals surface area contributed by atoms with Gasteiger partial charge in [0, 0.05) is 10.0 Å². The molecule has 2 aromatic rings. The minimum absolute atomic E-state index is 0.0875. The molecule has 0 aliphatic rings. The normalized spacial score (nSPS) is 10.4. The van der Waals surface area contributed by atoms with E-state index in [-0.39, 0.29) is 5.78 Å². The van der Waals surface area contributed by atoms with Crippen molar-refractivity contribution in [3.05, 3.63) is 56.2 Å². The molecule has 0 amide bonds. The van der Waals surface area contributed by atoms with E-state index in [2.05, 4.69) is 22.9 Å². The summed E-state index contributed by atoms with van der Waals surface area (Å²) in [6.07, 6.45) is 0.997. The summed E-state index contributed by atoms with van der Waals surface area (Å²) >= 11 is 4.85. The molecule has 0 saturated heterocycles. The Hall–Kier alpha value is -0.930. The highest BCUT2D eigenvalue weighted by atomic mass is 79.9. The second-order valence-corrected chi connectivity index (χ2v) is 5.25. The van der Waals surface area contributed by atoms with E-state index in [0.29, 0.717) is 0 Å². The summed E-state index contributed by atoms with van der Waals surface area (Å²) in [4.78, 5) is 12.9. The first-order chi connectivity index (χ1) is 7.72. The highest BCUT2D eigenvalue weighted by Gasteiger charge is 2.13. The zero-order valence-electron chi connectivity index (χ0n) is 8.87. The molecule has 16 heavy (non-hydrogen) atoms. The van der Waals surface area contributed by atoms with Crippen LogP contribution in [0.15, 0.2) is 40.2 Å². The van der Waals surface area contributed by atoms with E-state index in [1.807, 2.05) is 35.7 Å². The van der Waals surface area contributed by atoms with Gasteiger partial charge in [-0.1, -0.05) is 31.2 Å². The number of carbonyl (C=O) groups is 1. The third-order valence-corrected chi connectivity index (χ3v) is 4.28. The molecule has 1 heterocycles. The van der Waals surface area contributed by atoms with Crippen molar-refractivity contribution in [2.45, 2.75) is 13.3 Å². The van der Waals surface area contributed by atoms with Crippen LogP contribution < -0.4 is 0 Å². The molecule has 0 aliphatic carbocycles. The maximum atomic E-state index is 12.1. The highest BCUT2D eigenvalue weighted by molar-refractivity contribution is 9.10. The molecule has 0 fully saturated rings. The molecule has 0 unspecified atom stereocenters. The molecule has 0 spiro atoms. The molecule has 0 atom stereocenters. The lowest BCUT2D eigenvalue weighted by atomic mass is 10.1. The molecular formula is C13H11BrOS. The average Bonchev–Trinajstić information content (AvgIpc) is 2.75. The highest BCUT2D eigenvalue weighted by Crippen LogP contribution is 2.25. The fourth-order valence-electron chi connectivity index (χ4n) is 1.48. The Morgan fingerprint density at radius 2 is 1.94 bits per heavy atom. The molecule has 82 valence electrons. The van der Waals surface area contributed by atoms with Crippen LogP contribution in [0.4, 0.5) is 0 Å². The van der Waals surface area contributed by atoms with Crippen molar-refractivity contribution in [3.8, 4) is 0 Å². The van der Waals surface area contributed by atoms with E-state index >= 15 is 0 Å². The number of ketones is 1. The maximum Gasteiger partial charge on any atom is 0.204 e. The molecule has 0 aliphatic heterocycles. The number of benzene rings is 1. The van der Waals surface area contributed by atoms with Gasteiger partial charge in [-0.3, -0.25) is 4.79 Å². The van der Waals surface area contributed by atoms with Crippen LogP contribution in [0.25, 0.3) is 0 Å². The summed E-state index contributed by atoms with van der Waals surface area (Å²) in [5, 5.41) is 1.91. The Morgan fingerprint density at radius 1 is 1.25 bits per heavy atom. The smallest absolute Gasteiger partial charge is 0.204 e. The first kappa shape index (κ1) is 11.6. The Balaban J connectivity index is 2.31. The van der Waals surface area contributed by atoms with Gasteiger partial charge in [0.2, 0.25) is 5.78 Å².